The molecule has 0 saturated heterocycles. The van der Waals surface area contributed by atoms with Crippen molar-refractivity contribution in [1.82, 2.24) is 5.32 Å². The van der Waals surface area contributed by atoms with E-state index in [9.17, 15) is 9.59 Å². The highest BCUT2D eigenvalue weighted by Gasteiger charge is 1.98. The molecule has 0 aliphatic carbocycles. The number of carboxylic acid groups (broad SMARTS) is 1. The molecule has 1 aromatic rings. The van der Waals surface area contributed by atoms with E-state index in [1.54, 1.807) is 6.08 Å². The van der Waals surface area contributed by atoms with E-state index < -0.39 is 5.97 Å². The zero-order valence-electron chi connectivity index (χ0n) is 12.5. The average Bonchev–Trinajstić information content (AvgIpc) is 2.45. The van der Waals surface area contributed by atoms with Crippen LogP contribution in [0.15, 0.2) is 30.3 Å². The van der Waals surface area contributed by atoms with Gasteiger partial charge in [0.2, 0.25) is 5.91 Å². The number of hydrogen-bond acceptors (Lipinski definition) is 2. The van der Waals surface area contributed by atoms with Crippen molar-refractivity contribution in [1.29, 1.82) is 0 Å². The lowest BCUT2D eigenvalue weighted by atomic mass is 10.1. The van der Waals surface area contributed by atoms with E-state index in [2.05, 4.69) is 5.32 Å². The summed E-state index contributed by atoms with van der Waals surface area (Å²) in [6.45, 7) is 2.65. The van der Waals surface area contributed by atoms with E-state index in [0.717, 1.165) is 24.8 Å². The number of rotatable bonds is 9. The number of aliphatic carboxylic acids is 1. The Morgan fingerprint density at radius 2 is 1.76 bits per heavy atom. The molecule has 114 valence electrons. The molecule has 4 heteroatoms. The number of carboxylic acids is 1. The lowest BCUT2D eigenvalue weighted by Gasteiger charge is -2.02. The molecule has 0 atom stereocenters. The summed E-state index contributed by atoms with van der Waals surface area (Å²) in [4.78, 5) is 21.9. The van der Waals surface area contributed by atoms with Crippen LogP contribution in [0.25, 0.3) is 6.08 Å². The van der Waals surface area contributed by atoms with Crippen LogP contribution in [0.2, 0.25) is 0 Å². The van der Waals surface area contributed by atoms with Crippen molar-refractivity contribution in [2.24, 2.45) is 0 Å². The maximum absolute atomic E-state index is 11.6. The standard InChI is InChI=1S/C17H23NO3/c1-14-7-9-15(10-8-14)11-12-16(19)18-13-5-3-2-4-6-17(20)21/h7-12H,2-6,13H2,1H3,(H,18,19)(H,20,21)/b12-11+. The van der Waals surface area contributed by atoms with Crippen LogP contribution in [0, 0.1) is 6.92 Å². The number of nitrogens with one attached hydrogen (secondary N) is 1. The van der Waals surface area contributed by atoms with E-state index >= 15 is 0 Å². The summed E-state index contributed by atoms with van der Waals surface area (Å²) in [7, 11) is 0. The largest absolute Gasteiger partial charge is 0.481 e. The van der Waals surface area contributed by atoms with Crippen molar-refractivity contribution in [3.05, 3.63) is 41.5 Å². The van der Waals surface area contributed by atoms with Gasteiger partial charge in [-0.05, 0) is 31.4 Å². The van der Waals surface area contributed by atoms with Gasteiger partial charge in [-0.3, -0.25) is 9.59 Å². The van der Waals surface area contributed by atoms with Crippen LogP contribution in [-0.4, -0.2) is 23.5 Å². The van der Waals surface area contributed by atoms with Gasteiger partial charge < -0.3 is 10.4 Å². The third-order valence-electron chi connectivity index (χ3n) is 3.12. The molecule has 1 amide bonds. The zero-order valence-corrected chi connectivity index (χ0v) is 12.5. The first-order valence-corrected chi connectivity index (χ1v) is 7.32. The normalized spacial score (nSPS) is 10.7. The minimum atomic E-state index is -0.746. The number of hydrogen-bond donors (Lipinski definition) is 2. The molecule has 21 heavy (non-hydrogen) atoms. The molecule has 0 bridgehead atoms. The van der Waals surface area contributed by atoms with Crippen molar-refractivity contribution in [2.75, 3.05) is 6.54 Å². The van der Waals surface area contributed by atoms with Crippen LogP contribution >= 0.6 is 0 Å². The molecule has 4 nitrogen and oxygen atoms in total. The summed E-state index contributed by atoms with van der Waals surface area (Å²) in [6.07, 6.45) is 6.97. The molecule has 0 unspecified atom stereocenters. The highest BCUT2D eigenvalue weighted by Crippen LogP contribution is 2.05. The van der Waals surface area contributed by atoms with Crippen LogP contribution in [0.4, 0.5) is 0 Å². The Morgan fingerprint density at radius 1 is 1.10 bits per heavy atom. The van der Waals surface area contributed by atoms with Gasteiger partial charge in [-0.15, -0.1) is 0 Å². The van der Waals surface area contributed by atoms with Crippen LogP contribution < -0.4 is 5.32 Å². The molecule has 0 radical (unpaired) electrons. The van der Waals surface area contributed by atoms with Crippen molar-refractivity contribution in [2.45, 2.75) is 39.0 Å². The first kappa shape index (κ1) is 17.0. The van der Waals surface area contributed by atoms with Crippen LogP contribution in [0.5, 0.6) is 0 Å². The summed E-state index contributed by atoms with van der Waals surface area (Å²) in [6, 6.07) is 7.96. The lowest BCUT2D eigenvalue weighted by molar-refractivity contribution is -0.137. The Morgan fingerprint density at radius 3 is 2.43 bits per heavy atom. The number of unbranched alkanes of at least 4 members (excludes halogenated alkanes) is 3. The topological polar surface area (TPSA) is 66.4 Å². The predicted molar refractivity (Wildman–Crippen MR) is 83.9 cm³/mol. The predicted octanol–water partition coefficient (Wildman–Crippen LogP) is 3.16. The summed E-state index contributed by atoms with van der Waals surface area (Å²) in [5.41, 5.74) is 2.20. The quantitative estimate of drug-likeness (QED) is 0.542. The van der Waals surface area contributed by atoms with E-state index in [4.69, 9.17) is 5.11 Å². The van der Waals surface area contributed by atoms with Crippen molar-refractivity contribution in [3.63, 3.8) is 0 Å². The monoisotopic (exact) mass is 289 g/mol. The van der Waals surface area contributed by atoms with Gasteiger partial charge >= 0.3 is 5.97 Å². The third kappa shape index (κ3) is 8.63. The minimum Gasteiger partial charge on any atom is -0.481 e. The molecular formula is C17H23NO3. The second-order valence-corrected chi connectivity index (χ2v) is 5.09. The van der Waals surface area contributed by atoms with E-state index in [0.29, 0.717) is 13.0 Å². The first-order chi connectivity index (χ1) is 10.1. The fraction of sp³-hybridized carbons (Fsp3) is 0.412. The lowest BCUT2D eigenvalue weighted by Crippen LogP contribution is -2.21. The highest BCUT2D eigenvalue weighted by atomic mass is 16.4. The Bertz CT molecular complexity index is 477. The molecule has 0 aliphatic rings. The summed E-state index contributed by atoms with van der Waals surface area (Å²) in [5, 5.41) is 11.3. The maximum Gasteiger partial charge on any atom is 0.303 e. The number of aryl methyl sites for hydroxylation is 1. The Kier molecular flexibility index (Phi) is 7.87. The molecule has 0 fully saturated rings. The second-order valence-electron chi connectivity index (χ2n) is 5.09. The van der Waals surface area contributed by atoms with Crippen LogP contribution in [0.3, 0.4) is 0 Å². The van der Waals surface area contributed by atoms with Crippen molar-refractivity contribution in [3.8, 4) is 0 Å². The van der Waals surface area contributed by atoms with Crippen molar-refractivity contribution < 1.29 is 14.7 Å². The summed E-state index contributed by atoms with van der Waals surface area (Å²) in [5.74, 6) is -0.842. The van der Waals surface area contributed by atoms with Gasteiger partial charge in [-0.25, -0.2) is 0 Å². The van der Waals surface area contributed by atoms with Gasteiger partial charge in [0.1, 0.15) is 0 Å². The summed E-state index contributed by atoms with van der Waals surface area (Å²) >= 11 is 0. The number of benzene rings is 1. The molecule has 0 heterocycles. The minimum absolute atomic E-state index is 0.0962. The molecule has 0 aromatic heterocycles. The number of carbonyl (C=O) groups excluding carboxylic acids is 1. The van der Waals surface area contributed by atoms with Gasteiger partial charge in [0.15, 0.2) is 0 Å². The van der Waals surface area contributed by atoms with Crippen molar-refractivity contribution >= 4 is 18.0 Å². The highest BCUT2D eigenvalue weighted by molar-refractivity contribution is 5.91. The zero-order chi connectivity index (χ0) is 15.5. The fourth-order valence-corrected chi connectivity index (χ4v) is 1.87. The van der Waals surface area contributed by atoms with Gasteiger partial charge in [0.25, 0.3) is 0 Å². The van der Waals surface area contributed by atoms with E-state index in [1.807, 2.05) is 31.2 Å². The Balaban J connectivity index is 2.11. The smallest absolute Gasteiger partial charge is 0.303 e. The molecular weight excluding hydrogens is 266 g/mol. The molecule has 0 saturated carbocycles. The SMILES string of the molecule is Cc1ccc(/C=C/C(=O)NCCCCCCC(=O)O)cc1. The number of carbonyl (C=O) groups is 2. The van der Waals surface area contributed by atoms with Crippen LogP contribution in [-0.2, 0) is 9.59 Å². The molecule has 0 spiro atoms. The Labute approximate surface area is 125 Å². The van der Waals surface area contributed by atoms with E-state index in [1.165, 1.54) is 11.6 Å². The number of amides is 1. The fourth-order valence-electron chi connectivity index (χ4n) is 1.87. The van der Waals surface area contributed by atoms with Gasteiger partial charge in [-0.2, -0.15) is 0 Å². The second kappa shape index (κ2) is 9.75. The summed E-state index contributed by atoms with van der Waals surface area (Å²) < 4.78 is 0. The average molecular weight is 289 g/mol. The van der Waals surface area contributed by atoms with Gasteiger partial charge in [-0.1, -0.05) is 42.7 Å². The molecule has 1 rings (SSSR count). The van der Waals surface area contributed by atoms with Crippen LogP contribution in [0.1, 0.15) is 43.2 Å². The molecule has 1 aromatic carbocycles. The third-order valence-corrected chi connectivity index (χ3v) is 3.12. The first-order valence-electron chi connectivity index (χ1n) is 7.32. The van der Waals surface area contributed by atoms with E-state index in [-0.39, 0.29) is 12.3 Å². The Hall–Kier alpha value is -2.10. The van der Waals surface area contributed by atoms with Gasteiger partial charge in [0, 0.05) is 19.0 Å². The van der Waals surface area contributed by atoms with Gasteiger partial charge in [0.05, 0.1) is 0 Å². The maximum atomic E-state index is 11.6. The molecule has 2 N–H and O–H groups in total. The molecule has 0 aliphatic heterocycles.